The smallest absolute Gasteiger partial charge is 0.251 e. The number of benzene rings is 2. The molecule has 2 heterocycles. The van der Waals surface area contributed by atoms with Crippen molar-refractivity contribution in [1.29, 1.82) is 5.26 Å². The van der Waals surface area contributed by atoms with E-state index in [1.807, 2.05) is 6.92 Å². The molecule has 4 aromatic rings. The highest BCUT2D eigenvalue weighted by Crippen LogP contribution is 2.32. The average Bonchev–Trinajstić information content (AvgIpc) is 3.44. The number of aliphatic hydroxyl groups is 1. The first kappa shape index (κ1) is 30.8. The molecule has 0 aliphatic heterocycles. The van der Waals surface area contributed by atoms with E-state index in [1.54, 1.807) is 34.9 Å². The first-order chi connectivity index (χ1) is 20.7. The molecule has 0 spiro atoms. The molecule has 6 N–H and O–H groups in total. The number of imidazole rings is 1. The van der Waals surface area contributed by atoms with E-state index in [2.05, 4.69) is 25.9 Å². The summed E-state index contributed by atoms with van der Waals surface area (Å²) >= 11 is 0. The van der Waals surface area contributed by atoms with Crippen LogP contribution in [0.2, 0.25) is 0 Å². The van der Waals surface area contributed by atoms with Crippen LogP contribution >= 0.6 is 0 Å². The predicted octanol–water partition coefficient (Wildman–Crippen LogP) is 2.44. The van der Waals surface area contributed by atoms with Gasteiger partial charge in [-0.2, -0.15) is 9.65 Å². The summed E-state index contributed by atoms with van der Waals surface area (Å²) in [6.45, 7) is 3.20. The van der Waals surface area contributed by atoms with Gasteiger partial charge in [0, 0.05) is 42.3 Å². The van der Waals surface area contributed by atoms with Crippen LogP contribution in [0, 0.1) is 23.0 Å². The van der Waals surface area contributed by atoms with Gasteiger partial charge in [-0.1, -0.05) is 6.92 Å². The second kappa shape index (κ2) is 13.7. The Hall–Kier alpha value is -5.13. The van der Waals surface area contributed by atoms with E-state index in [0.717, 1.165) is 5.56 Å². The number of nitrogens with one attached hydrogen (secondary N) is 3. The maximum absolute atomic E-state index is 14.9. The molecule has 2 atom stereocenters. The van der Waals surface area contributed by atoms with Crippen LogP contribution in [0.3, 0.4) is 0 Å². The highest BCUT2D eigenvalue weighted by Gasteiger charge is 2.20. The highest BCUT2D eigenvalue weighted by molar-refractivity contribution is 5.96. The summed E-state index contributed by atoms with van der Waals surface area (Å²) < 4.78 is 36.0. The molecule has 0 bridgehead atoms. The van der Waals surface area contributed by atoms with Crippen molar-refractivity contribution >= 4 is 29.0 Å². The van der Waals surface area contributed by atoms with Crippen molar-refractivity contribution in [3.05, 3.63) is 71.7 Å². The molecule has 12 nitrogen and oxygen atoms in total. The quantitative estimate of drug-likeness (QED) is 0.154. The third kappa shape index (κ3) is 6.85. The van der Waals surface area contributed by atoms with Gasteiger partial charge in [0.1, 0.15) is 12.1 Å². The number of nitrogens with zero attached hydrogens (tertiary/aromatic N) is 4. The minimum absolute atomic E-state index is 0.0551. The number of carbonyl (C=O) groups excluding carboxylic acids is 2. The lowest BCUT2D eigenvalue weighted by atomic mass is 10.0. The van der Waals surface area contributed by atoms with Crippen LogP contribution in [0.1, 0.15) is 29.8 Å². The van der Waals surface area contributed by atoms with Crippen molar-refractivity contribution in [2.24, 2.45) is 5.73 Å². The molecule has 2 amide bonds. The van der Waals surface area contributed by atoms with Crippen LogP contribution in [0.25, 0.3) is 16.9 Å². The summed E-state index contributed by atoms with van der Waals surface area (Å²) in [4.78, 5) is 33.3. The molecular weight excluding hydrogens is 562 g/mol. The van der Waals surface area contributed by atoms with Gasteiger partial charge < -0.3 is 31.5 Å². The fourth-order valence-corrected chi connectivity index (χ4v) is 4.27. The number of nitrogens with two attached hydrogens (primary N) is 1. The van der Waals surface area contributed by atoms with Gasteiger partial charge in [0.2, 0.25) is 11.7 Å². The Labute approximate surface area is 245 Å². The summed E-state index contributed by atoms with van der Waals surface area (Å²) in [6.07, 6.45) is 3.98. The monoisotopic (exact) mass is 592 g/mol. The van der Waals surface area contributed by atoms with E-state index in [0.29, 0.717) is 29.1 Å². The summed E-state index contributed by atoms with van der Waals surface area (Å²) in [5.74, 6) is -3.22. The normalized spacial score (nSPS) is 12.3. The van der Waals surface area contributed by atoms with Gasteiger partial charge in [-0.15, -0.1) is 0 Å². The van der Waals surface area contributed by atoms with E-state index in [-0.39, 0.29) is 36.0 Å². The average molecular weight is 593 g/mol. The molecule has 2 aromatic heterocycles. The third-order valence-electron chi connectivity index (χ3n) is 6.57. The minimum atomic E-state index is -1.21. The number of hydrogen-bond donors (Lipinski definition) is 5. The second-order valence-corrected chi connectivity index (χ2v) is 9.46. The van der Waals surface area contributed by atoms with Crippen molar-refractivity contribution < 1.29 is 28.2 Å². The van der Waals surface area contributed by atoms with Crippen LogP contribution in [-0.4, -0.2) is 63.1 Å². The van der Waals surface area contributed by atoms with Gasteiger partial charge in [-0.3, -0.25) is 14.0 Å². The molecule has 0 radical (unpaired) electrons. The Balaban J connectivity index is 1.49. The lowest BCUT2D eigenvalue weighted by Crippen LogP contribution is -2.48. The van der Waals surface area contributed by atoms with Crippen LogP contribution in [0.4, 0.5) is 20.3 Å². The van der Waals surface area contributed by atoms with Crippen molar-refractivity contribution in [1.82, 2.24) is 25.0 Å². The van der Waals surface area contributed by atoms with Crippen molar-refractivity contribution in [2.75, 3.05) is 25.0 Å². The number of aromatic nitrogens is 3. The Kier molecular flexibility index (Phi) is 9.81. The fourth-order valence-electron chi connectivity index (χ4n) is 4.27. The number of aryl methyl sites for hydroxylation is 1. The summed E-state index contributed by atoms with van der Waals surface area (Å²) in [7, 11) is 0. The van der Waals surface area contributed by atoms with Crippen LogP contribution in [0.5, 0.6) is 5.75 Å². The number of hydrogen-bond acceptors (Lipinski definition) is 9. The molecule has 0 saturated heterocycles. The first-order valence-corrected chi connectivity index (χ1v) is 13.4. The van der Waals surface area contributed by atoms with E-state index >= 15 is 0 Å². The largest absolute Gasteiger partial charge is 0.476 e. The standard InChI is InChI=1S/C29H30F2N8O4/c1-3-17-14-18(4-5-19(17)28(41)35-9-10-36-29(42)25(33)16(2)40)38-26-27-37-15-21(39(27)12-11-34-26)20-6-7-22(43-13-8-32)24(31)23(20)30/h4-7,11-12,14-16,25,40H,3,9-10,13,33H2,1-2H3,(H,34,38)(H,35,41)(H,36,42). The molecular formula is C29H30F2N8O4. The Morgan fingerprint density at radius 3 is 2.65 bits per heavy atom. The van der Waals surface area contributed by atoms with E-state index < -0.39 is 36.3 Å². The number of anilines is 2. The van der Waals surface area contributed by atoms with Crippen LogP contribution in [0.15, 0.2) is 48.9 Å². The molecule has 224 valence electrons. The SMILES string of the molecule is CCc1cc(Nc2nccn3c(-c4ccc(OCC#N)c(F)c4F)cnc23)ccc1C(=O)NCCNC(=O)C(N)C(C)O. The number of carbonyl (C=O) groups is 2. The predicted molar refractivity (Wildman–Crippen MR) is 154 cm³/mol. The molecule has 14 heteroatoms. The maximum atomic E-state index is 14.9. The zero-order valence-corrected chi connectivity index (χ0v) is 23.4. The lowest BCUT2D eigenvalue weighted by Gasteiger charge is -2.15. The second-order valence-electron chi connectivity index (χ2n) is 9.46. The molecule has 0 aliphatic carbocycles. The molecule has 0 aliphatic rings. The van der Waals surface area contributed by atoms with Crippen molar-refractivity contribution in [3.8, 4) is 23.1 Å². The van der Waals surface area contributed by atoms with E-state index in [4.69, 9.17) is 15.7 Å². The molecule has 4 rings (SSSR count). The van der Waals surface area contributed by atoms with E-state index in [9.17, 15) is 23.5 Å². The topological polar surface area (TPSA) is 180 Å². The van der Waals surface area contributed by atoms with Crippen molar-refractivity contribution in [2.45, 2.75) is 32.4 Å². The van der Waals surface area contributed by atoms with Gasteiger partial charge in [-0.25, -0.2) is 14.4 Å². The Morgan fingerprint density at radius 2 is 1.93 bits per heavy atom. The molecule has 2 unspecified atom stereocenters. The number of fused-ring (bicyclic) bond motifs is 1. The van der Waals surface area contributed by atoms with Gasteiger partial charge >= 0.3 is 0 Å². The van der Waals surface area contributed by atoms with E-state index in [1.165, 1.54) is 31.5 Å². The maximum Gasteiger partial charge on any atom is 0.251 e. The van der Waals surface area contributed by atoms with Gasteiger partial charge in [-0.05, 0) is 49.2 Å². The Bertz CT molecular complexity index is 1690. The number of halogens is 2. The summed E-state index contributed by atoms with van der Waals surface area (Å²) in [5, 5.41) is 26.5. The third-order valence-corrected chi connectivity index (χ3v) is 6.57. The molecule has 0 saturated carbocycles. The molecule has 2 aromatic carbocycles. The number of ether oxygens (including phenoxy) is 1. The zero-order chi connectivity index (χ0) is 31.1. The number of rotatable bonds is 12. The van der Waals surface area contributed by atoms with Crippen LogP contribution < -0.4 is 26.4 Å². The lowest BCUT2D eigenvalue weighted by molar-refractivity contribution is -0.124. The molecule has 0 fully saturated rings. The first-order valence-electron chi connectivity index (χ1n) is 13.4. The number of nitriles is 1. The minimum Gasteiger partial charge on any atom is -0.476 e. The van der Waals surface area contributed by atoms with Gasteiger partial charge in [0.25, 0.3) is 5.91 Å². The van der Waals surface area contributed by atoms with Crippen LogP contribution in [-0.2, 0) is 11.2 Å². The Morgan fingerprint density at radius 1 is 1.16 bits per heavy atom. The van der Waals surface area contributed by atoms with Crippen molar-refractivity contribution in [3.63, 3.8) is 0 Å². The fraction of sp³-hybridized carbons (Fsp3) is 0.276. The number of amides is 2. The number of aliphatic hydroxyl groups excluding tert-OH is 1. The zero-order valence-electron chi connectivity index (χ0n) is 23.4. The molecule has 43 heavy (non-hydrogen) atoms. The van der Waals surface area contributed by atoms with Gasteiger partial charge in [0.05, 0.1) is 18.0 Å². The summed E-state index contributed by atoms with van der Waals surface area (Å²) in [6, 6.07) is 8.40. The highest BCUT2D eigenvalue weighted by atomic mass is 19.2. The summed E-state index contributed by atoms with van der Waals surface area (Å²) in [5.41, 5.74) is 7.96. The van der Waals surface area contributed by atoms with Gasteiger partial charge in [0.15, 0.2) is 29.6 Å².